The number of ketones is 1. The van der Waals surface area contributed by atoms with Gasteiger partial charge in [-0.15, -0.1) is 0 Å². The van der Waals surface area contributed by atoms with Crippen molar-refractivity contribution in [3.63, 3.8) is 0 Å². The number of hydrogen-bond donors (Lipinski definition) is 1. The van der Waals surface area contributed by atoms with Gasteiger partial charge in [-0.25, -0.2) is 0 Å². The molecule has 31 heavy (non-hydrogen) atoms. The van der Waals surface area contributed by atoms with Crippen molar-refractivity contribution in [2.45, 2.75) is 6.42 Å². The second kappa shape index (κ2) is 9.44. The zero-order chi connectivity index (χ0) is 22.5. The van der Waals surface area contributed by atoms with Crippen LogP contribution in [0.15, 0.2) is 42.5 Å². The Morgan fingerprint density at radius 1 is 1.23 bits per heavy atom. The Bertz CT molecular complexity index is 1070. The summed E-state index contributed by atoms with van der Waals surface area (Å²) in [6, 6.07) is 7.51. The predicted octanol–water partition coefficient (Wildman–Crippen LogP) is 3.93. The van der Waals surface area contributed by atoms with Gasteiger partial charge in [-0.3, -0.25) is 14.9 Å². The Morgan fingerprint density at radius 3 is 2.58 bits per heavy atom. The molecule has 0 saturated carbocycles. The molecule has 8 heteroatoms. The lowest BCUT2D eigenvalue weighted by molar-refractivity contribution is -0.384. The molecule has 3 rings (SSSR count). The van der Waals surface area contributed by atoms with Gasteiger partial charge in [0.25, 0.3) is 5.69 Å². The lowest BCUT2D eigenvalue weighted by atomic mass is 9.93. The van der Waals surface area contributed by atoms with Crippen LogP contribution in [0, 0.1) is 10.1 Å². The van der Waals surface area contributed by atoms with Crippen LogP contribution in [0.2, 0.25) is 0 Å². The Hall–Kier alpha value is -3.65. The molecule has 1 N–H and O–H groups in total. The fraction of sp³-hybridized carbons (Fsp3) is 0.261. The number of ether oxygens (including phenoxy) is 2. The highest BCUT2D eigenvalue weighted by molar-refractivity contribution is 6.11. The van der Waals surface area contributed by atoms with E-state index in [1.165, 1.54) is 38.5 Å². The molecule has 0 aromatic heterocycles. The normalized spacial score (nSPS) is 14.4. The molecule has 8 nitrogen and oxygen atoms in total. The Kier molecular flexibility index (Phi) is 6.71. The summed E-state index contributed by atoms with van der Waals surface area (Å²) >= 11 is 0. The molecule has 1 aliphatic heterocycles. The number of nitro groups is 1. The Balaban J connectivity index is 2.03. The van der Waals surface area contributed by atoms with E-state index in [4.69, 9.17) is 9.47 Å². The molecular weight excluding hydrogens is 400 g/mol. The number of non-ortho nitro benzene ring substituents is 1. The molecule has 0 spiro atoms. The fourth-order valence-electron chi connectivity index (χ4n) is 3.49. The molecule has 0 bridgehead atoms. The number of nitro benzene ring substituents is 1. The quantitative estimate of drug-likeness (QED) is 0.311. The lowest BCUT2D eigenvalue weighted by Crippen LogP contribution is -2.23. The van der Waals surface area contributed by atoms with Crippen molar-refractivity contribution in [1.29, 1.82) is 0 Å². The van der Waals surface area contributed by atoms with Crippen LogP contribution in [0.25, 0.3) is 11.6 Å². The van der Waals surface area contributed by atoms with Gasteiger partial charge in [0.1, 0.15) is 22.8 Å². The highest BCUT2D eigenvalue weighted by atomic mass is 16.6. The number of phenolic OH excluding ortho intramolecular Hbond substituents is 1. The first-order valence-electron chi connectivity index (χ1n) is 9.68. The maximum absolute atomic E-state index is 13.0. The standard InChI is InChI=1S/C23H24N2O6/c1-24-11-9-16(10-12-24)21-19(30-2)14-20(31-3)22(23(21)27)18(26)8-7-15-5-4-6-17(13-15)25(28)29/h4-9,13-14,27H,10-12H2,1-3H3/b8-7+. The van der Waals surface area contributed by atoms with Gasteiger partial charge in [0, 0.05) is 31.3 Å². The summed E-state index contributed by atoms with van der Waals surface area (Å²) in [4.78, 5) is 25.6. The van der Waals surface area contributed by atoms with Crippen LogP contribution in [0.4, 0.5) is 5.69 Å². The minimum Gasteiger partial charge on any atom is -0.506 e. The summed E-state index contributed by atoms with van der Waals surface area (Å²) in [6.07, 6.45) is 5.42. The van der Waals surface area contributed by atoms with Crippen molar-refractivity contribution < 1.29 is 24.3 Å². The Labute approximate surface area is 180 Å². The van der Waals surface area contributed by atoms with Crippen molar-refractivity contribution >= 4 is 23.1 Å². The summed E-state index contributed by atoms with van der Waals surface area (Å²) in [7, 11) is 4.91. The first kappa shape index (κ1) is 22.0. The first-order valence-corrected chi connectivity index (χ1v) is 9.68. The number of aromatic hydroxyl groups is 1. The van der Waals surface area contributed by atoms with E-state index >= 15 is 0 Å². The van der Waals surface area contributed by atoms with Gasteiger partial charge in [-0.05, 0) is 30.7 Å². The van der Waals surface area contributed by atoms with Crippen molar-refractivity contribution in [3.8, 4) is 17.2 Å². The van der Waals surface area contributed by atoms with E-state index in [0.29, 0.717) is 23.3 Å². The molecule has 0 radical (unpaired) electrons. The number of benzene rings is 2. The third-order valence-corrected chi connectivity index (χ3v) is 5.16. The highest BCUT2D eigenvalue weighted by Crippen LogP contribution is 2.44. The molecule has 1 heterocycles. The summed E-state index contributed by atoms with van der Waals surface area (Å²) in [5.41, 5.74) is 1.80. The number of carbonyl (C=O) groups excluding carboxylic acids is 1. The van der Waals surface area contributed by atoms with Crippen molar-refractivity contribution in [2.24, 2.45) is 0 Å². The summed E-state index contributed by atoms with van der Waals surface area (Å²) < 4.78 is 10.8. The average molecular weight is 424 g/mol. The molecular formula is C23H24N2O6. The van der Waals surface area contributed by atoms with Crippen LogP contribution in [-0.2, 0) is 0 Å². The van der Waals surface area contributed by atoms with Gasteiger partial charge in [-0.2, -0.15) is 0 Å². The second-order valence-corrected chi connectivity index (χ2v) is 7.17. The molecule has 0 aliphatic carbocycles. The molecule has 0 amide bonds. The topological polar surface area (TPSA) is 102 Å². The SMILES string of the molecule is COc1cc(OC)c(C2=CCN(C)CC2)c(O)c1C(=O)/C=C/c1cccc([N+](=O)[O-])c1. The zero-order valence-electron chi connectivity index (χ0n) is 17.6. The second-order valence-electron chi connectivity index (χ2n) is 7.17. The fourth-order valence-corrected chi connectivity index (χ4v) is 3.49. The van der Waals surface area contributed by atoms with E-state index < -0.39 is 10.7 Å². The largest absolute Gasteiger partial charge is 0.506 e. The van der Waals surface area contributed by atoms with Crippen molar-refractivity contribution in [3.05, 3.63) is 69.3 Å². The summed E-state index contributed by atoms with van der Waals surface area (Å²) in [5.74, 6) is -0.0938. The van der Waals surface area contributed by atoms with Gasteiger partial charge in [0.2, 0.25) is 0 Å². The van der Waals surface area contributed by atoms with Crippen LogP contribution < -0.4 is 9.47 Å². The predicted molar refractivity (Wildman–Crippen MR) is 118 cm³/mol. The molecule has 1 aliphatic rings. The summed E-state index contributed by atoms with van der Waals surface area (Å²) in [6.45, 7) is 1.54. The Morgan fingerprint density at radius 2 is 1.97 bits per heavy atom. The maximum atomic E-state index is 13.0. The van der Waals surface area contributed by atoms with E-state index in [-0.39, 0.29) is 22.7 Å². The maximum Gasteiger partial charge on any atom is 0.270 e. The number of carbonyl (C=O) groups is 1. The number of nitrogens with zero attached hydrogens (tertiary/aromatic N) is 2. The molecule has 2 aromatic rings. The van der Waals surface area contributed by atoms with Crippen LogP contribution in [-0.4, -0.2) is 55.1 Å². The van der Waals surface area contributed by atoms with E-state index in [0.717, 1.165) is 18.7 Å². The van der Waals surface area contributed by atoms with Crippen LogP contribution >= 0.6 is 0 Å². The van der Waals surface area contributed by atoms with E-state index in [1.807, 2.05) is 13.1 Å². The number of allylic oxidation sites excluding steroid dienone is 1. The first-order chi connectivity index (χ1) is 14.8. The third kappa shape index (κ3) is 4.75. The zero-order valence-corrected chi connectivity index (χ0v) is 17.6. The van der Waals surface area contributed by atoms with Gasteiger partial charge in [-0.1, -0.05) is 24.3 Å². The highest BCUT2D eigenvalue weighted by Gasteiger charge is 2.26. The molecule has 0 fully saturated rings. The number of methoxy groups -OCH3 is 2. The average Bonchev–Trinajstić information content (AvgIpc) is 2.77. The monoisotopic (exact) mass is 424 g/mol. The van der Waals surface area contributed by atoms with E-state index in [9.17, 15) is 20.0 Å². The van der Waals surface area contributed by atoms with E-state index in [2.05, 4.69) is 4.90 Å². The van der Waals surface area contributed by atoms with E-state index in [1.54, 1.807) is 18.2 Å². The van der Waals surface area contributed by atoms with Gasteiger partial charge in [0.05, 0.1) is 24.7 Å². The smallest absolute Gasteiger partial charge is 0.270 e. The molecule has 0 unspecified atom stereocenters. The van der Waals surface area contributed by atoms with Gasteiger partial charge in [0.15, 0.2) is 5.78 Å². The molecule has 162 valence electrons. The number of hydrogen-bond acceptors (Lipinski definition) is 7. The van der Waals surface area contributed by atoms with Crippen molar-refractivity contribution in [1.82, 2.24) is 4.90 Å². The molecule has 0 saturated heterocycles. The molecule has 2 aromatic carbocycles. The van der Waals surface area contributed by atoms with Crippen LogP contribution in [0.3, 0.4) is 0 Å². The van der Waals surface area contributed by atoms with Crippen LogP contribution in [0.1, 0.15) is 27.9 Å². The number of rotatable bonds is 7. The lowest BCUT2D eigenvalue weighted by Gasteiger charge is -2.24. The van der Waals surface area contributed by atoms with Gasteiger partial charge < -0.3 is 19.5 Å². The minimum atomic E-state index is -0.501. The third-order valence-electron chi connectivity index (χ3n) is 5.16. The van der Waals surface area contributed by atoms with Crippen molar-refractivity contribution in [2.75, 3.05) is 34.4 Å². The minimum absolute atomic E-state index is 0.0137. The van der Waals surface area contributed by atoms with Gasteiger partial charge >= 0.3 is 0 Å². The summed E-state index contributed by atoms with van der Waals surface area (Å²) in [5, 5.41) is 22.0. The molecule has 0 atom stereocenters. The number of likely N-dealkylation sites (N-methyl/N-ethyl adjacent to an activating group) is 1. The van der Waals surface area contributed by atoms with Crippen LogP contribution in [0.5, 0.6) is 17.2 Å². The number of phenols is 1.